The van der Waals surface area contributed by atoms with Crippen LogP contribution in [0.1, 0.15) is 21.8 Å². The number of rotatable bonds is 2. The Kier molecular flexibility index (Phi) is 4.37. The molecule has 3 aliphatic heterocycles. The highest BCUT2D eigenvalue weighted by molar-refractivity contribution is 8.04. The number of esters is 1. The lowest BCUT2D eigenvalue weighted by Gasteiger charge is -2.36. The Labute approximate surface area is 181 Å². The summed E-state index contributed by atoms with van der Waals surface area (Å²) in [5, 5.41) is 1.97. The zero-order chi connectivity index (χ0) is 21.9. The average Bonchev–Trinajstić information content (AvgIpc) is 3.02. The van der Waals surface area contributed by atoms with Crippen molar-refractivity contribution in [3.05, 3.63) is 70.3 Å². The number of carbonyl (C=O) groups excluding carboxylic acids is 4. The Morgan fingerprint density at radius 1 is 1.06 bits per heavy atom. The van der Waals surface area contributed by atoms with E-state index in [1.54, 1.807) is 48.5 Å². The standard InChI is InChI=1S/C22H17N3O5S/c1-24-19(26)10-6-8-11(9-7-10)25-20(27)15-14-12-4-2-3-5-13(12)30-22(29)16(14)18(23)31-17(15)21(25)28/h2-9,14-15,17H,23H2,1H3,(H,24,26)/t14-,15-,17+/m1/s1. The van der Waals surface area contributed by atoms with E-state index in [-0.39, 0.29) is 16.5 Å². The molecule has 156 valence electrons. The Hall–Kier alpha value is -3.59. The summed E-state index contributed by atoms with van der Waals surface area (Å²) >= 11 is 1.02. The number of anilines is 1. The molecule has 5 rings (SSSR count). The maximum absolute atomic E-state index is 13.5. The quantitative estimate of drug-likeness (QED) is 0.417. The van der Waals surface area contributed by atoms with E-state index >= 15 is 0 Å². The lowest BCUT2D eigenvalue weighted by atomic mass is 9.77. The first-order valence-corrected chi connectivity index (χ1v) is 10.5. The number of nitrogens with zero attached hydrogens (tertiary/aromatic N) is 1. The third kappa shape index (κ3) is 2.77. The number of nitrogens with two attached hydrogens (primary N) is 1. The van der Waals surface area contributed by atoms with Gasteiger partial charge in [0.2, 0.25) is 11.8 Å². The zero-order valence-electron chi connectivity index (χ0n) is 16.3. The zero-order valence-corrected chi connectivity index (χ0v) is 17.1. The average molecular weight is 435 g/mol. The summed E-state index contributed by atoms with van der Waals surface area (Å²) < 4.78 is 5.40. The monoisotopic (exact) mass is 435 g/mol. The SMILES string of the molecule is CNC(=O)c1ccc(N2C(=O)[C@H]3[C@H](SC(N)=C4C(=O)Oc5ccccc5[C@@H]43)C2=O)cc1. The van der Waals surface area contributed by atoms with Crippen molar-refractivity contribution >= 4 is 41.1 Å². The van der Waals surface area contributed by atoms with Crippen LogP contribution in [0.4, 0.5) is 5.69 Å². The third-order valence-corrected chi connectivity index (χ3v) is 7.00. The van der Waals surface area contributed by atoms with Crippen LogP contribution in [0.2, 0.25) is 0 Å². The van der Waals surface area contributed by atoms with Crippen LogP contribution in [0.5, 0.6) is 5.75 Å². The number of para-hydroxylation sites is 1. The summed E-state index contributed by atoms with van der Waals surface area (Å²) in [6.45, 7) is 0. The molecule has 0 saturated carbocycles. The lowest BCUT2D eigenvalue weighted by molar-refractivity contribution is -0.131. The van der Waals surface area contributed by atoms with Gasteiger partial charge >= 0.3 is 5.97 Å². The molecule has 0 unspecified atom stereocenters. The van der Waals surface area contributed by atoms with E-state index in [2.05, 4.69) is 5.32 Å². The number of benzene rings is 2. The van der Waals surface area contributed by atoms with E-state index in [9.17, 15) is 19.2 Å². The smallest absolute Gasteiger partial charge is 0.342 e. The summed E-state index contributed by atoms with van der Waals surface area (Å²) in [6, 6.07) is 13.2. The number of carbonyl (C=O) groups is 4. The van der Waals surface area contributed by atoms with Crippen molar-refractivity contribution in [3.8, 4) is 5.75 Å². The van der Waals surface area contributed by atoms with Crippen molar-refractivity contribution in [3.63, 3.8) is 0 Å². The van der Waals surface area contributed by atoms with Crippen LogP contribution in [0.25, 0.3) is 0 Å². The van der Waals surface area contributed by atoms with Gasteiger partial charge in [-0.25, -0.2) is 9.69 Å². The van der Waals surface area contributed by atoms with Gasteiger partial charge in [0.1, 0.15) is 11.0 Å². The maximum Gasteiger partial charge on any atom is 0.342 e. The summed E-state index contributed by atoms with van der Waals surface area (Å²) in [5.74, 6) is -2.74. The van der Waals surface area contributed by atoms with Gasteiger partial charge in [-0.05, 0) is 30.3 Å². The van der Waals surface area contributed by atoms with Crippen LogP contribution in [0.3, 0.4) is 0 Å². The minimum atomic E-state index is -0.785. The molecule has 1 fully saturated rings. The van der Waals surface area contributed by atoms with Crippen molar-refractivity contribution in [1.29, 1.82) is 0 Å². The molecular weight excluding hydrogens is 418 g/mol. The van der Waals surface area contributed by atoms with Crippen LogP contribution in [0, 0.1) is 5.92 Å². The largest absolute Gasteiger partial charge is 0.423 e. The molecular formula is C22H17N3O5S. The fourth-order valence-electron chi connectivity index (χ4n) is 4.36. The number of hydrogen-bond donors (Lipinski definition) is 2. The predicted octanol–water partition coefficient (Wildman–Crippen LogP) is 1.52. The first-order chi connectivity index (χ1) is 14.9. The number of amides is 3. The van der Waals surface area contributed by atoms with Crippen LogP contribution in [-0.2, 0) is 14.4 Å². The van der Waals surface area contributed by atoms with Crippen molar-refractivity contribution in [2.45, 2.75) is 11.2 Å². The van der Waals surface area contributed by atoms with Gasteiger partial charge in [0.15, 0.2) is 0 Å². The Morgan fingerprint density at radius 3 is 2.48 bits per heavy atom. The number of ether oxygens (including phenoxy) is 1. The topological polar surface area (TPSA) is 119 Å². The van der Waals surface area contributed by atoms with Crippen LogP contribution in [0.15, 0.2) is 59.1 Å². The maximum atomic E-state index is 13.5. The van der Waals surface area contributed by atoms with Gasteiger partial charge in [-0.15, -0.1) is 0 Å². The van der Waals surface area contributed by atoms with Crippen LogP contribution >= 0.6 is 11.8 Å². The minimum absolute atomic E-state index is 0.198. The van der Waals surface area contributed by atoms with Crippen LogP contribution in [-0.4, -0.2) is 36.0 Å². The highest BCUT2D eigenvalue weighted by Gasteiger charge is 2.58. The molecule has 2 aromatic rings. The van der Waals surface area contributed by atoms with Gasteiger partial charge in [0.25, 0.3) is 5.91 Å². The predicted molar refractivity (Wildman–Crippen MR) is 113 cm³/mol. The summed E-state index contributed by atoms with van der Waals surface area (Å²) in [6.07, 6.45) is 0. The molecule has 2 aromatic carbocycles. The normalized spacial score (nSPS) is 24.4. The first-order valence-electron chi connectivity index (χ1n) is 9.59. The van der Waals surface area contributed by atoms with E-state index in [0.717, 1.165) is 16.7 Å². The number of imide groups is 1. The molecule has 9 heteroatoms. The second-order valence-corrected chi connectivity index (χ2v) is 8.57. The molecule has 8 nitrogen and oxygen atoms in total. The van der Waals surface area contributed by atoms with E-state index in [0.29, 0.717) is 22.6 Å². The molecule has 3 heterocycles. The summed E-state index contributed by atoms with van der Waals surface area (Å²) in [4.78, 5) is 52.3. The van der Waals surface area contributed by atoms with E-state index in [1.807, 2.05) is 0 Å². The van der Waals surface area contributed by atoms with Crippen molar-refractivity contribution < 1.29 is 23.9 Å². The fourth-order valence-corrected chi connectivity index (χ4v) is 5.60. The highest BCUT2D eigenvalue weighted by atomic mass is 32.2. The van der Waals surface area contributed by atoms with Crippen molar-refractivity contribution in [2.75, 3.05) is 11.9 Å². The van der Waals surface area contributed by atoms with Gasteiger partial charge in [-0.1, -0.05) is 30.0 Å². The molecule has 1 saturated heterocycles. The number of hydrogen-bond acceptors (Lipinski definition) is 7. The molecule has 0 bridgehead atoms. The molecule has 3 N–H and O–H groups in total. The number of fused-ring (bicyclic) bond motifs is 5. The van der Waals surface area contributed by atoms with Gasteiger partial charge < -0.3 is 15.8 Å². The molecule has 31 heavy (non-hydrogen) atoms. The number of thioether (sulfide) groups is 1. The molecule has 3 atom stereocenters. The van der Waals surface area contributed by atoms with Crippen molar-refractivity contribution in [2.24, 2.45) is 11.7 Å². The van der Waals surface area contributed by atoms with Gasteiger partial charge in [-0.3, -0.25) is 14.4 Å². The second kappa shape index (κ2) is 6.98. The van der Waals surface area contributed by atoms with E-state index in [1.165, 1.54) is 7.05 Å². The van der Waals surface area contributed by atoms with Crippen LogP contribution < -0.4 is 20.7 Å². The highest BCUT2D eigenvalue weighted by Crippen LogP contribution is 2.54. The fraction of sp³-hybridized carbons (Fsp3) is 0.182. The Morgan fingerprint density at radius 2 is 1.77 bits per heavy atom. The summed E-state index contributed by atoms with van der Waals surface area (Å²) in [7, 11) is 1.52. The minimum Gasteiger partial charge on any atom is -0.423 e. The van der Waals surface area contributed by atoms with E-state index in [4.69, 9.17) is 10.5 Å². The Balaban J connectivity index is 1.58. The van der Waals surface area contributed by atoms with E-state index < -0.39 is 34.9 Å². The lowest BCUT2D eigenvalue weighted by Crippen LogP contribution is -2.39. The Bertz CT molecular complexity index is 1190. The molecule has 3 amide bonds. The second-order valence-electron chi connectivity index (χ2n) is 7.39. The summed E-state index contributed by atoms with van der Waals surface area (Å²) in [5.41, 5.74) is 7.83. The van der Waals surface area contributed by atoms with Crippen molar-refractivity contribution in [1.82, 2.24) is 5.32 Å². The van der Waals surface area contributed by atoms with Gasteiger partial charge in [0.05, 0.1) is 22.2 Å². The number of nitrogens with one attached hydrogen (secondary N) is 1. The molecule has 0 aliphatic carbocycles. The molecule has 0 radical (unpaired) electrons. The van der Waals surface area contributed by atoms with Gasteiger partial charge in [0, 0.05) is 24.1 Å². The molecule has 0 aromatic heterocycles. The first kappa shape index (κ1) is 19.4. The molecule has 0 spiro atoms. The molecule has 3 aliphatic rings. The van der Waals surface area contributed by atoms with Gasteiger partial charge in [-0.2, -0.15) is 0 Å². The third-order valence-electron chi connectivity index (χ3n) is 5.78.